The van der Waals surface area contributed by atoms with Crippen LogP contribution in [-0.2, 0) is 15.2 Å². The standard InChI is InChI=1S/C2H4N2O5S/c5-3-1-2-4(9-3)10(6,7)8/h1-3H,(H,6,7,8). The maximum Gasteiger partial charge on any atom is 0.387 e. The molecule has 1 aliphatic rings. The second-order valence-corrected chi connectivity index (χ2v) is 2.71. The highest BCUT2D eigenvalue weighted by Crippen LogP contribution is 1.98. The Balaban J connectivity index is 2.73. The van der Waals surface area contributed by atoms with Crippen molar-refractivity contribution in [1.82, 2.24) is 4.47 Å². The summed E-state index contributed by atoms with van der Waals surface area (Å²) in [5.41, 5.74) is 0. The third kappa shape index (κ3) is 1.43. The van der Waals surface area contributed by atoms with Gasteiger partial charge < -0.3 is 5.21 Å². The fourth-order valence-electron chi connectivity index (χ4n) is 0.395. The molecule has 58 valence electrons. The normalized spacial score (nSPS) is 25.8. The van der Waals surface area contributed by atoms with Gasteiger partial charge in [0.05, 0.1) is 0 Å². The highest BCUT2D eigenvalue weighted by molar-refractivity contribution is 7.83. The van der Waals surface area contributed by atoms with E-state index in [1.54, 1.807) is 0 Å². The van der Waals surface area contributed by atoms with E-state index >= 15 is 0 Å². The summed E-state index contributed by atoms with van der Waals surface area (Å²) < 4.78 is 28.5. The van der Waals surface area contributed by atoms with Gasteiger partial charge in [0, 0.05) is 0 Å². The van der Waals surface area contributed by atoms with Crippen LogP contribution in [0.5, 0.6) is 0 Å². The van der Waals surface area contributed by atoms with Gasteiger partial charge in [-0.3, -0.25) is 4.55 Å². The second-order valence-electron chi connectivity index (χ2n) is 1.46. The lowest BCUT2D eigenvalue weighted by molar-refractivity contribution is -1.02. The van der Waals surface area contributed by atoms with Gasteiger partial charge in [-0.1, -0.05) is 9.41 Å². The zero-order valence-corrected chi connectivity index (χ0v) is 5.41. The highest BCUT2D eigenvalue weighted by Gasteiger charge is 2.24. The summed E-state index contributed by atoms with van der Waals surface area (Å²) in [5, 5.41) is 9.34. The van der Waals surface area contributed by atoms with Crippen LogP contribution in [-0.4, -0.2) is 17.4 Å². The molecule has 8 heteroatoms. The molecule has 0 aliphatic carbocycles. The van der Waals surface area contributed by atoms with Crippen LogP contribution >= 0.6 is 0 Å². The average Bonchev–Trinajstić information content (AvgIpc) is 2.11. The molecule has 0 saturated carbocycles. The van der Waals surface area contributed by atoms with Gasteiger partial charge in [0.25, 0.3) is 0 Å². The van der Waals surface area contributed by atoms with Crippen LogP contribution in [0.1, 0.15) is 0 Å². The molecule has 10 heavy (non-hydrogen) atoms. The summed E-state index contributed by atoms with van der Waals surface area (Å²) in [6, 6.07) is 0. The molecule has 1 unspecified atom stereocenters. The van der Waals surface area contributed by atoms with E-state index in [4.69, 9.17) is 4.55 Å². The van der Waals surface area contributed by atoms with Crippen molar-refractivity contribution in [2.45, 2.75) is 0 Å². The van der Waals surface area contributed by atoms with Crippen molar-refractivity contribution in [1.29, 1.82) is 0 Å². The lowest BCUT2D eigenvalue weighted by atomic mass is 11.0. The van der Waals surface area contributed by atoms with Gasteiger partial charge >= 0.3 is 10.3 Å². The SMILES string of the molecule is O=S(=O)(O)N1C=C[NH+]([O-])O1. The van der Waals surface area contributed by atoms with Crippen molar-refractivity contribution >= 4 is 10.3 Å². The number of quaternary nitrogens is 1. The summed E-state index contributed by atoms with van der Waals surface area (Å²) >= 11 is 0. The topological polar surface area (TPSA) is 94.3 Å². The van der Waals surface area contributed by atoms with Crippen molar-refractivity contribution in [3.8, 4) is 0 Å². The Hall–Kier alpha value is -0.670. The van der Waals surface area contributed by atoms with Crippen molar-refractivity contribution in [2.75, 3.05) is 0 Å². The van der Waals surface area contributed by atoms with Crippen molar-refractivity contribution in [3.05, 3.63) is 17.6 Å². The molecule has 0 saturated heterocycles. The predicted octanol–water partition coefficient (Wildman–Crippen LogP) is -2.19. The lowest BCUT2D eigenvalue weighted by Gasteiger charge is -2.11. The van der Waals surface area contributed by atoms with Crippen LogP contribution < -0.4 is 5.23 Å². The molecule has 0 amide bonds. The summed E-state index contributed by atoms with van der Waals surface area (Å²) in [4.78, 5) is 3.97. The van der Waals surface area contributed by atoms with Gasteiger partial charge in [0.15, 0.2) is 0 Å². The Bertz CT molecular complexity index is 244. The van der Waals surface area contributed by atoms with E-state index < -0.39 is 15.5 Å². The quantitative estimate of drug-likeness (QED) is 0.342. The first-order chi connectivity index (χ1) is 4.50. The molecule has 0 aromatic rings. The third-order valence-electron chi connectivity index (χ3n) is 0.740. The van der Waals surface area contributed by atoms with E-state index in [1.165, 1.54) is 0 Å². The molecule has 7 nitrogen and oxygen atoms in total. The molecule has 1 rings (SSSR count). The van der Waals surface area contributed by atoms with E-state index in [-0.39, 0.29) is 4.47 Å². The first-order valence-electron chi connectivity index (χ1n) is 2.17. The van der Waals surface area contributed by atoms with E-state index in [1.807, 2.05) is 0 Å². The Labute approximate surface area is 56.5 Å². The van der Waals surface area contributed by atoms with Crippen LogP contribution in [0.4, 0.5) is 0 Å². The molecule has 1 aliphatic heterocycles. The molecular formula is C2H4N2O5S. The molecule has 0 fully saturated rings. The summed E-state index contributed by atoms with van der Waals surface area (Å²) in [5.74, 6) is 0. The van der Waals surface area contributed by atoms with E-state index in [0.29, 0.717) is 0 Å². The van der Waals surface area contributed by atoms with Gasteiger partial charge in [0.1, 0.15) is 12.4 Å². The van der Waals surface area contributed by atoms with Gasteiger partial charge in [0.2, 0.25) is 0 Å². The second kappa shape index (κ2) is 2.18. The van der Waals surface area contributed by atoms with Gasteiger partial charge in [-0.25, -0.2) is 0 Å². The van der Waals surface area contributed by atoms with Crippen LogP contribution in [0, 0.1) is 5.21 Å². The van der Waals surface area contributed by atoms with Crippen molar-refractivity contribution in [3.63, 3.8) is 0 Å². The first kappa shape index (κ1) is 7.44. The molecule has 1 heterocycles. The smallest absolute Gasteiger partial charge is 0.387 e. The first-order valence-corrected chi connectivity index (χ1v) is 3.57. The molecule has 0 bridgehead atoms. The van der Waals surface area contributed by atoms with Crippen LogP contribution in [0.25, 0.3) is 0 Å². The van der Waals surface area contributed by atoms with Crippen LogP contribution in [0.15, 0.2) is 12.4 Å². The van der Waals surface area contributed by atoms with Crippen LogP contribution in [0.2, 0.25) is 0 Å². The summed E-state index contributed by atoms with van der Waals surface area (Å²) in [6.07, 6.45) is 1.67. The Morgan fingerprint density at radius 3 is 2.50 bits per heavy atom. The zero-order chi connectivity index (χ0) is 7.78. The maximum absolute atomic E-state index is 10.2. The number of nitrogens with zero attached hydrogens (tertiary/aromatic N) is 1. The van der Waals surface area contributed by atoms with Crippen molar-refractivity contribution in [2.24, 2.45) is 0 Å². The molecule has 0 aromatic carbocycles. The Morgan fingerprint density at radius 2 is 2.30 bits per heavy atom. The molecular weight excluding hydrogens is 164 g/mol. The lowest BCUT2D eigenvalue weighted by Crippen LogP contribution is -3.00. The Kier molecular flexibility index (Phi) is 1.62. The van der Waals surface area contributed by atoms with E-state index in [9.17, 15) is 13.6 Å². The minimum Gasteiger partial charge on any atom is -0.593 e. The number of hydrogen-bond donors (Lipinski definition) is 2. The van der Waals surface area contributed by atoms with Crippen molar-refractivity contribution < 1.29 is 23.1 Å². The van der Waals surface area contributed by atoms with E-state index in [0.717, 1.165) is 12.4 Å². The van der Waals surface area contributed by atoms with Gasteiger partial charge in [-0.2, -0.15) is 13.6 Å². The molecule has 1 atom stereocenters. The fourth-order valence-corrected chi connectivity index (χ4v) is 0.778. The summed E-state index contributed by atoms with van der Waals surface area (Å²) in [6.45, 7) is 0. The monoisotopic (exact) mass is 168 g/mol. The van der Waals surface area contributed by atoms with Gasteiger partial charge in [-0.05, 0) is 0 Å². The zero-order valence-electron chi connectivity index (χ0n) is 4.59. The van der Waals surface area contributed by atoms with E-state index in [2.05, 4.69) is 4.94 Å². The number of rotatable bonds is 1. The molecule has 0 aromatic heterocycles. The number of hydrogen-bond acceptors (Lipinski definition) is 4. The highest BCUT2D eigenvalue weighted by atomic mass is 32.2. The maximum atomic E-state index is 10.2. The predicted molar refractivity (Wildman–Crippen MR) is 27.9 cm³/mol. The number of hydroxylamine groups is 3. The molecule has 0 spiro atoms. The molecule has 0 radical (unpaired) electrons. The minimum absolute atomic E-state index is 0.0648. The average molecular weight is 168 g/mol. The van der Waals surface area contributed by atoms with Crippen LogP contribution in [0.3, 0.4) is 0 Å². The Morgan fingerprint density at radius 1 is 1.70 bits per heavy atom. The largest absolute Gasteiger partial charge is 0.593 e. The van der Waals surface area contributed by atoms with Gasteiger partial charge in [-0.15, -0.1) is 0 Å². The summed E-state index contributed by atoms with van der Waals surface area (Å²) in [7, 11) is -4.43. The third-order valence-corrected chi connectivity index (χ3v) is 1.39. The number of nitrogens with one attached hydrogen (secondary N) is 1. The molecule has 2 N–H and O–H groups in total. The fraction of sp³-hybridized carbons (Fsp3) is 0. The minimum atomic E-state index is -4.43.